The minimum atomic E-state index is 0.641. The molecule has 0 atom stereocenters. The normalized spacial score (nSPS) is 11.2. The van der Waals surface area contributed by atoms with E-state index in [0.29, 0.717) is 5.56 Å². The van der Waals surface area contributed by atoms with Gasteiger partial charge in [0.25, 0.3) is 0 Å². The summed E-state index contributed by atoms with van der Waals surface area (Å²) in [6.45, 7) is 0.867. The lowest BCUT2D eigenvalue weighted by molar-refractivity contribution is 1.02. The number of para-hydroxylation sites is 2. The second kappa shape index (κ2) is 10.1. The maximum absolute atomic E-state index is 9.99. The lowest BCUT2D eigenvalue weighted by Crippen LogP contribution is -2.12. The average molecular weight is 514 g/mol. The Balaban J connectivity index is 1.40. The van der Waals surface area contributed by atoms with Crippen molar-refractivity contribution in [3.8, 4) is 6.07 Å². The Bertz CT molecular complexity index is 1990. The minimum absolute atomic E-state index is 0.641. The molecule has 7 rings (SSSR count). The second-order valence-electron chi connectivity index (χ2n) is 10.1. The van der Waals surface area contributed by atoms with E-state index in [-0.39, 0.29) is 0 Å². The topological polar surface area (TPSA) is 39.1 Å². The van der Waals surface area contributed by atoms with Gasteiger partial charge in [-0.15, -0.1) is 0 Å². The minimum Gasteiger partial charge on any atom is -0.384 e. The molecular weight excluding hydrogens is 486 g/mol. The molecule has 3 heteroatoms. The fourth-order valence-electron chi connectivity index (χ4n) is 5.87. The summed E-state index contributed by atoms with van der Waals surface area (Å²) in [7, 11) is 0. The molecule has 190 valence electrons. The van der Waals surface area contributed by atoms with Gasteiger partial charge in [-0.05, 0) is 69.9 Å². The van der Waals surface area contributed by atoms with Gasteiger partial charge in [0.1, 0.15) is 6.07 Å². The largest absolute Gasteiger partial charge is 0.384 e. The number of nitrogens with zero attached hydrogens (tertiary/aromatic N) is 2. The molecule has 0 aromatic heterocycles. The first-order valence-corrected chi connectivity index (χ1v) is 13.6. The molecule has 0 saturated carbocycles. The summed E-state index contributed by atoms with van der Waals surface area (Å²) >= 11 is 0. The van der Waals surface area contributed by atoms with Crippen LogP contribution < -0.4 is 10.2 Å². The molecule has 0 heterocycles. The van der Waals surface area contributed by atoms with Gasteiger partial charge in [0.2, 0.25) is 0 Å². The highest BCUT2D eigenvalue weighted by molar-refractivity contribution is 6.27. The van der Waals surface area contributed by atoms with E-state index in [4.69, 9.17) is 0 Å². The van der Waals surface area contributed by atoms with Crippen molar-refractivity contribution in [2.45, 2.75) is 6.42 Å². The molecule has 0 amide bonds. The molecule has 0 bridgehead atoms. The highest BCUT2D eigenvalue weighted by Crippen LogP contribution is 2.45. The summed E-state index contributed by atoms with van der Waals surface area (Å²) in [6.07, 6.45) is 0.970. The molecule has 40 heavy (non-hydrogen) atoms. The van der Waals surface area contributed by atoms with Crippen LogP contribution in [0.4, 0.5) is 22.7 Å². The first-order chi connectivity index (χ1) is 19.8. The van der Waals surface area contributed by atoms with Gasteiger partial charge in [0.15, 0.2) is 0 Å². The van der Waals surface area contributed by atoms with E-state index in [2.05, 4.69) is 107 Å². The number of benzene rings is 7. The van der Waals surface area contributed by atoms with Crippen molar-refractivity contribution in [3.63, 3.8) is 0 Å². The number of hydrogen-bond acceptors (Lipinski definition) is 3. The summed E-state index contributed by atoms with van der Waals surface area (Å²) < 4.78 is 0. The molecule has 0 fully saturated rings. The number of rotatable bonds is 7. The molecule has 1 N–H and O–H groups in total. The van der Waals surface area contributed by atoms with Crippen LogP contribution in [0, 0.1) is 11.3 Å². The molecule has 0 aliphatic heterocycles. The van der Waals surface area contributed by atoms with Crippen molar-refractivity contribution in [3.05, 3.63) is 145 Å². The van der Waals surface area contributed by atoms with E-state index in [0.717, 1.165) is 41.1 Å². The third-order valence-electron chi connectivity index (χ3n) is 7.73. The Hall–Kier alpha value is -5.33. The standard InChI is InChI=1S/C37H27N3/c38-25-29-11-7-8-14-34(29)40(30-12-5-2-6-13-30)35-22-18-28-15-19-31-33(39-24-23-26-9-3-1-4-10-26)21-17-27-16-20-32(35)37(28)36(27)31/h1-22,39H,23-24H2. The summed E-state index contributed by atoms with van der Waals surface area (Å²) in [6, 6.07) is 48.9. The molecule has 0 radical (unpaired) electrons. The number of anilines is 4. The molecule has 0 aliphatic rings. The predicted molar refractivity (Wildman–Crippen MR) is 168 cm³/mol. The van der Waals surface area contributed by atoms with Crippen LogP contribution in [0.15, 0.2) is 133 Å². The lowest BCUT2D eigenvalue weighted by Gasteiger charge is -2.28. The zero-order valence-electron chi connectivity index (χ0n) is 22.0. The van der Waals surface area contributed by atoms with E-state index in [1.54, 1.807) is 0 Å². The van der Waals surface area contributed by atoms with Gasteiger partial charge in [0.05, 0.1) is 16.9 Å². The summed E-state index contributed by atoms with van der Waals surface area (Å²) in [5, 5.41) is 21.0. The summed E-state index contributed by atoms with van der Waals surface area (Å²) in [5.41, 5.74) is 6.06. The highest BCUT2D eigenvalue weighted by Gasteiger charge is 2.20. The maximum Gasteiger partial charge on any atom is 0.101 e. The van der Waals surface area contributed by atoms with Crippen LogP contribution in [-0.2, 0) is 6.42 Å². The van der Waals surface area contributed by atoms with Gasteiger partial charge in [-0.1, -0.05) is 97.1 Å². The van der Waals surface area contributed by atoms with E-state index < -0.39 is 0 Å². The lowest BCUT2D eigenvalue weighted by atomic mass is 9.92. The van der Waals surface area contributed by atoms with Crippen LogP contribution >= 0.6 is 0 Å². The van der Waals surface area contributed by atoms with Crippen LogP contribution in [0.3, 0.4) is 0 Å². The van der Waals surface area contributed by atoms with E-state index in [1.165, 1.54) is 32.5 Å². The van der Waals surface area contributed by atoms with Gasteiger partial charge in [-0.3, -0.25) is 0 Å². The number of nitrogens with one attached hydrogen (secondary N) is 1. The Labute approximate surface area is 233 Å². The number of hydrogen-bond donors (Lipinski definition) is 1. The fraction of sp³-hybridized carbons (Fsp3) is 0.0541. The first kappa shape index (κ1) is 23.8. The third kappa shape index (κ3) is 4.08. The van der Waals surface area contributed by atoms with Gasteiger partial charge in [-0.25, -0.2) is 0 Å². The monoisotopic (exact) mass is 513 g/mol. The Morgan fingerprint density at radius 2 is 1.20 bits per heavy atom. The van der Waals surface area contributed by atoms with Crippen LogP contribution in [0.1, 0.15) is 11.1 Å². The van der Waals surface area contributed by atoms with E-state index in [9.17, 15) is 5.26 Å². The van der Waals surface area contributed by atoms with Gasteiger partial charge in [0, 0.05) is 28.7 Å². The maximum atomic E-state index is 9.99. The highest BCUT2D eigenvalue weighted by atomic mass is 15.1. The fourth-order valence-corrected chi connectivity index (χ4v) is 5.87. The van der Waals surface area contributed by atoms with Crippen molar-refractivity contribution in [2.24, 2.45) is 0 Å². The molecule has 7 aromatic rings. The van der Waals surface area contributed by atoms with Gasteiger partial charge >= 0.3 is 0 Å². The zero-order valence-corrected chi connectivity index (χ0v) is 22.0. The van der Waals surface area contributed by atoms with Crippen molar-refractivity contribution in [1.29, 1.82) is 5.26 Å². The van der Waals surface area contributed by atoms with Crippen molar-refractivity contribution in [2.75, 3.05) is 16.8 Å². The van der Waals surface area contributed by atoms with Gasteiger partial charge < -0.3 is 10.2 Å². The van der Waals surface area contributed by atoms with Gasteiger partial charge in [-0.2, -0.15) is 5.26 Å². The molecule has 0 saturated heterocycles. The molecule has 0 unspecified atom stereocenters. The summed E-state index contributed by atoms with van der Waals surface area (Å²) in [4.78, 5) is 2.21. The third-order valence-corrected chi connectivity index (χ3v) is 7.73. The van der Waals surface area contributed by atoms with E-state index >= 15 is 0 Å². The smallest absolute Gasteiger partial charge is 0.101 e. The predicted octanol–water partition coefficient (Wildman–Crippen LogP) is 9.58. The molecule has 0 aliphatic carbocycles. The van der Waals surface area contributed by atoms with Crippen LogP contribution in [0.25, 0.3) is 32.3 Å². The van der Waals surface area contributed by atoms with Crippen molar-refractivity contribution in [1.82, 2.24) is 0 Å². The van der Waals surface area contributed by atoms with Crippen LogP contribution in [-0.4, -0.2) is 6.54 Å². The quantitative estimate of drug-likeness (QED) is 0.216. The SMILES string of the molecule is N#Cc1ccccc1N(c1ccccc1)c1ccc2ccc3c(NCCc4ccccc4)ccc4ccc1c2c43. The second-order valence-corrected chi connectivity index (χ2v) is 10.1. The molecule has 0 spiro atoms. The zero-order chi connectivity index (χ0) is 26.9. The average Bonchev–Trinajstić information content (AvgIpc) is 3.02. The Morgan fingerprint density at radius 3 is 1.98 bits per heavy atom. The van der Waals surface area contributed by atoms with Crippen molar-refractivity contribution >= 4 is 55.1 Å². The molecule has 3 nitrogen and oxygen atoms in total. The van der Waals surface area contributed by atoms with Crippen LogP contribution in [0.2, 0.25) is 0 Å². The van der Waals surface area contributed by atoms with E-state index in [1.807, 2.05) is 42.5 Å². The molecule has 7 aromatic carbocycles. The van der Waals surface area contributed by atoms with Crippen molar-refractivity contribution < 1.29 is 0 Å². The Morgan fingerprint density at radius 1 is 0.575 bits per heavy atom. The molecular formula is C37H27N3. The first-order valence-electron chi connectivity index (χ1n) is 13.6. The van der Waals surface area contributed by atoms with Crippen LogP contribution in [0.5, 0.6) is 0 Å². The number of nitriles is 1. The summed E-state index contributed by atoms with van der Waals surface area (Å²) in [5.74, 6) is 0. The Kier molecular flexibility index (Phi) is 6.00.